The summed E-state index contributed by atoms with van der Waals surface area (Å²) in [5.74, 6) is -0.201. The Labute approximate surface area is 79.4 Å². The fourth-order valence-electron chi connectivity index (χ4n) is 0.836. The van der Waals surface area contributed by atoms with Crippen molar-refractivity contribution in [2.24, 2.45) is 0 Å². The topological polar surface area (TPSA) is 34.6 Å². The van der Waals surface area contributed by atoms with Crippen molar-refractivity contribution in [1.29, 1.82) is 0 Å². The summed E-state index contributed by atoms with van der Waals surface area (Å²) in [4.78, 5) is 3.60. The van der Waals surface area contributed by atoms with Crippen LogP contribution >= 0.6 is 11.6 Å². The standard InChI is InChI=1S/C8H7ClFNO2/c9-8-7(10)1-5(2-11-8)12-3-6-4-13-6/h1-2,6H,3-4H2. The number of halogens is 2. The van der Waals surface area contributed by atoms with Crippen LogP contribution in [0.25, 0.3) is 0 Å². The minimum atomic E-state index is -0.573. The minimum absolute atomic E-state index is 0.143. The highest BCUT2D eigenvalue weighted by molar-refractivity contribution is 6.29. The molecule has 0 spiro atoms. The lowest BCUT2D eigenvalue weighted by atomic mass is 10.4. The molecule has 0 amide bonds. The fourth-order valence-corrected chi connectivity index (χ4v) is 0.939. The van der Waals surface area contributed by atoms with Crippen LogP contribution in [0.4, 0.5) is 4.39 Å². The molecule has 0 radical (unpaired) electrons. The van der Waals surface area contributed by atoms with E-state index in [0.29, 0.717) is 19.0 Å². The van der Waals surface area contributed by atoms with Gasteiger partial charge in [-0.3, -0.25) is 0 Å². The molecule has 1 atom stereocenters. The number of epoxide rings is 1. The van der Waals surface area contributed by atoms with Gasteiger partial charge in [0.2, 0.25) is 0 Å². The van der Waals surface area contributed by atoms with Crippen molar-refractivity contribution in [3.63, 3.8) is 0 Å². The molecule has 1 aromatic heterocycles. The molecular weight excluding hydrogens is 197 g/mol. The fraction of sp³-hybridized carbons (Fsp3) is 0.375. The molecule has 5 heteroatoms. The molecule has 3 nitrogen and oxygen atoms in total. The Kier molecular flexibility index (Phi) is 2.33. The van der Waals surface area contributed by atoms with E-state index >= 15 is 0 Å². The van der Waals surface area contributed by atoms with Gasteiger partial charge < -0.3 is 9.47 Å². The summed E-state index contributed by atoms with van der Waals surface area (Å²) in [5.41, 5.74) is 0. The van der Waals surface area contributed by atoms with Crippen LogP contribution < -0.4 is 4.74 Å². The minimum Gasteiger partial charge on any atom is -0.489 e. The van der Waals surface area contributed by atoms with Gasteiger partial charge in [0.25, 0.3) is 0 Å². The van der Waals surface area contributed by atoms with E-state index in [0.717, 1.165) is 0 Å². The van der Waals surface area contributed by atoms with E-state index in [9.17, 15) is 4.39 Å². The third-order valence-electron chi connectivity index (χ3n) is 1.61. The monoisotopic (exact) mass is 203 g/mol. The van der Waals surface area contributed by atoms with Gasteiger partial charge >= 0.3 is 0 Å². The summed E-state index contributed by atoms with van der Waals surface area (Å²) in [6.45, 7) is 1.15. The maximum Gasteiger partial charge on any atom is 0.164 e. The smallest absolute Gasteiger partial charge is 0.164 e. The van der Waals surface area contributed by atoms with Gasteiger partial charge in [-0.25, -0.2) is 9.37 Å². The van der Waals surface area contributed by atoms with Gasteiger partial charge in [0.05, 0.1) is 12.8 Å². The lowest BCUT2D eigenvalue weighted by Crippen LogP contribution is -2.04. The van der Waals surface area contributed by atoms with Crippen LogP contribution in [0.5, 0.6) is 5.75 Å². The number of ether oxygens (including phenoxy) is 2. The van der Waals surface area contributed by atoms with Gasteiger partial charge in [-0.2, -0.15) is 0 Å². The van der Waals surface area contributed by atoms with Gasteiger partial charge in [-0.1, -0.05) is 11.6 Å². The largest absolute Gasteiger partial charge is 0.489 e. The maximum atomic E-state index is 12.8. The number of hydrogen-bond donors (Lipinski definition) is 0. The summed E-state index contributed by atoms with van der Waals surface area (Å²) in [7, 11) is 0. The van der Waals surface area contributed by atoms with Crippen LogP contribution in [0.1, 0.15) is 0 Å². The number of rotatable bonds is 3. The van der Waals surface area contributed by atoms with E-state index in [2.05, 4.69) is 4.98 Å². The first-order valence-electron chi connectivity index (χ1n) is 3.81. The summed E-state index contributed by atoms with van der Waals surface area (Å²) in [6, 6.07) is 1.21. The van der Waals surface area contributed by atoms with E-state index in [-0.39, 0.29) is 11.3 Å². The van der Waals surface area contributed by atoms with Crippen molar-refractivity contribution in [2.75, 3.05) is 13.2 Å². The Balaban J connectivity index is 1.98. The second-order valence-electron chi connectivity index (χ2n) is 2.71. The molecule has 2 heterocycles. The molecule has 2 rings (SSSR count). The van der Waals surface area contributed by atoms with E-state index in [1.807, 2.05) is 0 Å². The summed E-state index contributed by atoms with van der Waals surface area (Å²) in [5, 5.41) is -0.143. The molecule has 0 aromatic carbocycles. The average molecular weight is 204 g/mol. The molecule has 0 bridgehead atoms. The van der Waals surface area contributed by atoms with Gasteiger partial charge in [0.15, 0.2) is 11.0 Å². The molecule has 70 valence electrons. The highest BCUT2D eigenvalue weighted by Gasteiger charge is 2.23. The molecule has 1 aromatic rings. The van der Waals surface area contributed by atoms with Gasteiger partial charge in [0, 0.05) is 6.07 Å². The van der Waals surface area contributed by atoms with E-state index in [1.165, 1.54) is 12.3 Å². The lowest BCUT2D eigenvalue weighted by molar-refractivity contribution is 0.261. The van der Waals surface area contributed by atoms with Crippen molar-refractivity contribution < 1.29 is 13.9 Å². The molecule has 1 unspecified atom stereocenters. The van der Waals surface area contributed by atoms with E-state index in [1.54, 1.807) is 0 Å². The van der Waals surface area contributed by atoms with Crippen molar-refractivity contribution in [2.45, 2.75) is 6.10 Å². The summed E-state index contributed by atoms with van der Waals surface area (Å²) >= 11 is 5.39. The second kappa shape index (κ2) is 3.47. The maximum absolute atomic E-state index is 12.8. The molecule has 1 saturated heterocycles. The quantitative estimate of drug-likeness (QED) is 0.554. The number of hydrogen-bond acceptors (Lipinski definition) is 3. The van der Waals surface area contributed by atoms with Crippen molar-refractivity contribution in [3.8, 4) is 5.75 Å². The zero-order valence-corrected chi connectivity index (χ0v) is 7.42. The van der Waals surface area contributed by atoms with Crippen molar-refractivity contribution in [3.05, 3.63) is 23.2 Å². The van der Waals surface area contributed by atoms with Gasteiger partial charge in [-0.05, 0) is 0 Å². The predicted molar refractivity (Wildman–Crippen MR) is 44.4 cm³/mol. The first-order chi connectivity index (χ1) is 6.25. The van der Waals surface area contributed by atoms with Gasteiger partial charge in [-0.15, -0.1) is 0 Å². The van der Waals surface area contributed by atoms with Crippen LogP contribution in [0.15, 0.2) is 12.3 Å². The first-order valence-corrected chi connectivity index (χ1v) is 4.19. The Bertz CT molecular complexity index is 317. The Morgan fingerprint density at radius 2 is 2.54 bits per heavy atom. The van der Waals surface area contributed by atoms with Crippen LogP contribution in [0, 0.1) is 5.82 Å². The third kappa shape index (κ3) is 2.29. The molecule has 1 aliphatic rings. The predicted octanol–water partition coefficient (Wildman–Crippen LogP) is 1.65. The molecule has 0 N–H and O–H groups in total. The van der Waals surface area contributed by atoms with Crippen LogP contribution in [0.2, 0.25) is 5.15 Å². The summed E-state index contributed by atoms with van der Waals surface area (Å²) in [6.07, 6.45) is 1.53. The van der Waals surface area contributed by atoms with E-state index in [4.69, 9.17) is 21.1 Å². The Morgan fingerprint density at radius 1 is 1.77 bits per heavy atom. The zero-order chi connectivity index (χ0) is 9.26. The number of aromatic nitrogens is 1. The molecule has 1 aliphatic heterocycles. The average Bonchev–Trinajstić information content (AvgIpc) is 2.91. The second-order valence-corrected chi connectivity index (χ2v) is 3.07. The Hall–Kier alpha value is -0.870. The number of nitrogens with zero attached hydrogens (tertiary/aromatic N) is 1. The van der Waals surface area contributed by atoms with Crippen molar-refractivity contribution >= 4 is 11.6 Å². The first kappa shape index (κ1) is 8.72. The highest BCUT2D eigenvalue weighted by atomic mass is 35.5. The molecular formula is C8H7ClFNO2. The SMILES string of the molecule is Fc1cc(OCC2CO2)cnc1Cl. The number of pyridine rings is 1. The van der Waals surface area contributed by atoms with Crippen LogP contribution in [-0.2, 0) is 4.74 Å². The highest BCUT2D eigenvalue weighted by Crippen LogP contribution is 2.18. The van der Waals surface area contributed by atoms with Crippen molar-refractivity contribution in [1.82, 2.24) is 4.98 Å². The summed E-state index contributed by atoms with van der Waals surface area (Å²) < 4.78 is 22.9. The molecule has 0 saturated carbocycles. The van der Waals surface area contributed by atoms with Crippen LogP contribution in [-0.4, -0.2) is 24.3 Å². The van der Waals surface area contributed by atoms with Gasteiger partial charge in [0.1, 0.15) is 18.5 Å². The molecule has 1 fully saturated rings. The third-order valence-corrected chi connectivity index (χ3v) is 1.89. The lowest BCUT2D eigenvalue weighted by Gasteiger charge is -2.03. The Morgan fingerprint density at radius 3 is 3.15 bits per heavy atom. The normalized spacial score (nSPS) is 20.0. The molecule has 0 aliphatic carbocycles. The molecule has 13 heavy (non-hydrogen) atoms. The van der Waals surface area contributed by atoms with Crippen LogP contribution in [0.3, 0.4) is 0 Å². The zero-order valence-electron chi connectivity index (χ0n) is 6.67. The van der Waals surface area contributed by atoms with E-state index < -0.39 is 5.82 Å².